The van der Waals surface area contributed by atoms with E-state index >= 15 is 0 Å². The summed E-state index contributed by atoms with van der Waals surface area (Å²) in [6, 6.07) is -0.251. The topological polar surface area (TPSA) is 86.2 Å². The molecule has 0 bridgehead atoms. The van der Waals surface area contributed by atoms with Crippen LogP contribution in [0.25, 0.3) is 0 Å². The van der Waals surface area contributed by atoms with E-state index < -0.39 is 15.3 Å². The first-order valence-corrected chi connectivity index (χ1v) is 5.40. The highest BCUT2D eigenvalue weighted by atomic mass is 32.2. The van der Waals surface area contributed by atoms with Crippen molar-refractivity contribution in [1.82, 2.24) is 0 Å². The molecule has 4 nitrogen and oxygen atoms in total. The number of sulfonamides is 1. The van der Waals surface area contributed by atoms with E-state index in [1.807, 2.05) is 0 Å². The summed E-state index contributed by atoms with van der Waals surface area (Å²) in [5.74, 6) is 0. The average Bonchev–Trinajstić information content (AvgIpc) is 1.86. The lowest BCUT2D eigenvalue weighted by atomic mass is 9.96. The number of hydrogen-bond donors (Lipinski definition) is 2. The average molecular weight is 178 g/mol. The van der Waals surface area contributed by atoms with Gasteiger partial charge in [-0.1, -0.05) is 12.8 Å². The van der Waals surface area contributed by atoms with Gasteiger partial charge in [-0.3, -0.25) is 0 Å². The maximum atomic E-state index is 10.9. The quantitative estimate of drug-likeness (QED) is 0.570. The number of nitrogens with two attached hydrogens (primary N) is 2. The van der Waals surface area contributed by atoms with Gasteiger partial charge in [0.15, 0.2) is 0 Å². The second-order valence-corrected chi connectivity index (χ2v) is 4.86. The third kappa shape index (κ3) is 2.15. The van der Waals surface area contributed by atoms with Crippen molar-refractivity contribution >= 4 is 10.0 Å². The van der Waals surface area contributed by atoms with Crippen molar-refractivity contribution in [3.8, 4) is 0 Å². The van der Waals surface area contributed by atoms with Crippen LogP contribution in [0.5, 0.6) is 0 Å². The predicted octanol–water partition coefficient (Wildman–Crippen LogP) is -0.455. The van der Waals surface area contributed by atoms with Crippen LogP contribution in [0.3, 0.4) is 0 Å². The van der Waals surface area contributed by atoms with E-state index in [1.165, 1.54) is 0 Å². The largest absolute Gasteiger partial charge is 0.326 e. The first kappa shape index (κ1) is 8.96. The fourth-order valence-electron chi connectivity index (χ4n) is 1.53. The molecular weight excluding hydrogens is 164 g/mol. The lowest BCUT2D eigenvalue weighted by molar-refractivity contribution is 0.432. The molecule has 0 aromatic carbocycles. The number of primary sulfonamides is 1. The van der Waals surface area contributed by atoms with E-state index in [1.54, 1.807) is 0 Å². The molecule has 0 aromatic rings. The molecule has 1 aliphatic carbocycles. The van der Waals surface area contributed by atoms with E-state index in [0.29, 0.717) is 6.42 Å². The van der Waals surface area contributed by atoms with Crippen LogP contribution in [-0.4, -0.2) is 19.7 Å². The van der Waals surface area contributed by atoms with Crippen molar-refractivity contribution in [2.45, 2.75) is 37.0 Å². The van der Waals surface area contributed by atoms with Crippen molar-refractivity contribution in [2.24, 2.45) is 10.9 Å². The van der Waals surface area contributed by atoms with Crippen molar-refractivity contribution in [3.05, 3.63) is 0 Å². The van der Waals surface area contributed by atoms with Gasteiger partial charge < -0.3 is 5.73 Å². The van der Waals surface area contributed by atoms with Crippen molar-refractivity contribution < 1.29 is 8.42 Å². The van der Waals surface area contributed by atoms with Gasteiger partial charge in [-0.05, 0) is 12.8 Å². The Hall–Kier alpha value is -0.130. The van der Waals surface area contributed by atoms with Crippen molar-refractivity contribution in [1.29, 1.82) is 0 Å². The first-order chi connectivity index (χ1) is 5.02. The fraction of sp³-hybridized carbons (Fsp3) is 1.00. The molecule has 0 unspecified atom stereocenters. The minimum Gasteiger partial charge on any atom is -0.326 e. The molecule has 0 heterocycles. The molecule has 5 heteroatoms. The van der Waals surface area contributed by atoms with Crippen LogP contribution in [-0.2, 0) is 10.0 Å². The molecule has 0 spiro atoms. The van der Waals surface area contributed by atoms with Gasteiger partial charge in [0.1, 0.15) is 0 Å². The summed E-state index contributed by atoms with van der Waals surface area (Å²) >= 11 is 0. The Balaban J connectivity index is 2.70. The molecule has 1 rings (SSSR count). The maximum absolute atomic E-state index is 10.9. The van der Waals surface area contributed by atoms with Gasteiger partial charge in [-0.2, -0.15) is 0 Å². The second-order valence-electron chi connectivity index (χ2n) is 3.08. The number of rotatable bonds is 1. The molecule has 0 aromatic heterocycles. The molecule has 1 fully saturated rings. The zero-order valence-corrected chi connectivity index (χ0v) is 7.18. The van der Waals surface area contributed by atoms with E-state index in [9.17, 15) is 8.42 Å². The molecule has 0 amide bonds. The zero-order valence-electron chi connectivity index (χ0n) is 6.36. The third-order valence-corrected chi connectivity index (χ3v) is 3.60. The third-order valence-electron chi connectivity index (χ3n) is 2.18. The lowest BCUT2D eigenvalue weighted by Crippen LogP contribution is -2.45. The van der Waals surface area contributed by atoms with E-state index in [2.05, 4.69) is 0 Å². The molecule has 2 atom stereocenters. The Morgan fingerprint density at radius 2 is 1.73 bits per heavy atom. The van der Waals surface area contributed by atoms with Gasteiger partial charge in [0, 0.05) is 6.04 Å². The molecule has 66 valence electrons. The standard InChI is InChI=1S/C6H14N2O2S/c7-5-3-1-2-4-6(5)11(8,9)10/h5-6H,1-4,7H2,(H2,8,9,10)/t5-,6-/m0/s1. The van der Waals surface area contributed by atoms with Crippen molar-refractivity contribution in [2.75, 3.05) is 0 Å². The SMILES string of the molecule is N[C@H]1CCCC[C@@H]1S(N)(=O)=O. The van der Waals surface area contributed by atoms with Crippen LogP contribution < -0.4 is 10.9 Å². The van der Waals surface area contributed by atoms with Gasteiger partial charge in [0.2, 0.25) is 10.0 Å². The molecular formula is C6H14N2O2S. The Morgan fingerprint density at radius 3 is 2.09 bits per heavy atom. The molecule has 4 N–H and O–H groups in total. The van der Waals surface area contributed by atoms with Gasteiger partial charge in [0.25, 0.3) is 0 Å². The summed E-state index contributed by atoms with van der Waals surface area (Å²) in [5.41, 5.74) is 5.61. The Labute approximate surface area is 67.0 Å². The Morgan fingerprint density at radius 1 is 1.18 bits per heavy atom. The first-order valence-electron chi connectivity index (χ1n) is 3.79. The Bertz CT molecular complexity index is 225. The molecule has 1 saturated carbocycles. The van der Waals surface area contributed by atoms with Gasteiger partial charge in [0.05, 0.1) is 5.25 Å². The minimum absolute atomic E-state index is 0.251. The van der Waals surface area contributed by atoms with Crippen LogP contribution in [0.15, 0.2) is 0 Å². The second kappa shape index (κ2) is 3.08. The van der Waals surface area contributed by atoms with E-state index in [4.69, 9.17) is 10.9 Å². The summed E-state index contributed by atoms with van der Waals surface area (Å²) in [7, 11) is -3.40. The van der Waals surface area contributed by atoms with Crippen LogP contribution in [0.4, 0.5) is 0 Å². The van der Waals surface area contributed by atoms with Gasteiger partial charge >= 0.3 is 0 Å². The van der Waals surface area contributed by atoms with Crippen molar-refractivity contribution in [3.63, 3.8) is 0 Å². The molecule has 0 aliphatic heterocycles. The Kier molecular flexibility index (Phi) is 2.51. The summed E-state index contributed by atoms with van der Waals surface area (Å²) in [6.07, 6.45) is 3.35. The number of hydrogen-bond acceptors (Lipinski definition) is 3. The normalized spacial score (nSPS) is 33.6. The van der Waals surface area contributed by atoms with Gasteiger partial charge in [-0.25, -0.2) is 13.6 Å². The summed E-state index contributed by atoms with van der Waals surface area (Å²) in [5, 5.41) is 4.49. The van der Waals surface area contributed by atoms with E-state index in [0.717, 1.165) is 19.3 Å². The maximum Gasteiger partial charge on any atom is 0.213 e. The molecule has 11 heavy (non-hydrogen) atoms. The van der Waals surface area contributed by atoms with Gasteiger partial charge in [-0.15, -0.1) is 0 Å². The monoisotopic (exact) mass is 178 g/mol. The van der Waals surface area contributed by atoms with Crippen LogP contribution in [0.1, 0.15) is 25.7 Å². The van der Waals surface area contributed by atoms with E-state index in [-0.39, 0.29) is 6.04 Å². The minimum atomic E-state index is -3.40. The fourth-order valence-corrected chi connectivity index (χ4v) is 2.65. The molecule has 0 saturated heterocycles. The molecule has 0 radical (unpaired) electrons. The lowest BCUT2D eigenvalue weighted by Gasteiger charge is -2.26. The van der Waals surface area contributed by atoms with Crippen LogP contribution in [0, 0.1) is 0 Å². The summed E-state index contributed by atoms with van der Waals surface area (Å²) in [4.78, 5) is 0. The highest BCUT2D eigenvalue weighted by molar-refractivity contribution is 7.89. The summed E-state index contributed by atoms with van der Waals surface area (Å²) < 4.78 is 21.8. The van der Waals surface area contributed by atoms with Crippen LogP contribution in [0.2, 0.25) is 0 Å². The highest BCUT2D eigenvalue weighted by Crippen LogP contribution is 2.21. The molecule has 1 aliphatic rings. The smallest absolute Gasteiger partial charge is 0.213 e. The summed E-state index contributed by atoms with van der Waals surface area (Å²) in [6.45, 7) is 0. The predicted molar refractivity (Wildman–Crippen MR) is 43.3 cm³/mol. The zero-order chi connectivity index (χ0) is 8.48. The highest BCUT2D eigenvalue weighted by Gasteiger charge is 2.30. The van der Waals surface area contributed by atoms with Crippen LogP contribution >= 0.6 is 0 Å².